The van der Waals surface area contributed by atoms with Crippen molar-refractivity contribution in [1.82, 2.24) is 10.6 Å². The van der Waals surface area contributed by atoms with Gasteiger partial charge in [-0.25, -0.2) is 0 Å². The normalized spacial score (nSPS) is 15.5. The molecule has 1 aliphatic carbocycles. The maximum absolute atomic E-state index is 11.9. The van der Waals surface area contributed by atoms with Crippen LogP contribution in [0.2, 0.25) is 0 Å². The summed E-state index contributed by atoms with van der Waals surface area (Å²) in [6.07, 6.45) is 1.98. The van der Waals surface area contributed by atoms with Gasteiger partial charge in [-0.3, -0.25) is 4.79 Å². The minimum Gasteiger partial charge on any atom is -0.481 e. The van der Waals surface area contributed by atoms with Gasteiger partial charge in [-0.15, -0.1) is 0 Å². The van der Waals surface area contributed by atoms with Crippen LogP contribution in [-0.4, -0.2) is 38.3 Å². The molecular formula is C16H24N2O3. The first-order valence-electron chi connectivity index (χ1n) is 7.45. The van der Waals surface area contributed by atoms with Crippen molar-refractivity contribution in [3.63, 3.8) is 0 Å². The van der Waals surface area contributed by atoms with E-state index in [0.29, 0.717) is 19.2 Å². The molecule has 0 aliphatic heterocycles. The first kappa shape index (κ1) is 15.8. The average Bonchev–Trinajstić information content (AvgIpc) is 3.30. The zero-order chi connectivity index (χ0) is 15.1. The Bertz CT molecular complexity index is 461. The molecule has 0 heterocycles. The Labute approximate surface area is 126 Å². The Kier molecular flexibility index (Phi) is 6.02. The SMILES string of the molecule is COCCNC(=O)C(C)Oc1ccccc1CNC1CC1. The minimum absolute atomic E-state index is 0.128. The molecule has 1 fully saturated rings. The van der Waals surface area contributed by atoms with Crippen LogP contribution in [0.5, 0.6) is 5.75 Å². The van der Waals surface area contributed by atoms with Crippen LogP contribution in [0.25, 0.3) is 0 Å². The third kappa shape index (κ3) is 5.36. The van der Waals surface area contributed by atoms with Crippen molar-refractivity contribution in [3.8, 4) is 5.75 Å². The number of para-hydroxylation sites is 1. The van der Waals surface area contributed by atoms with E-state index in [1.165, 1.54) is 12.8 Å². The molecule has 5 nitrogen and oxygen atoms in total. The van der Waals surface area contributed by atoms with Crippen molar-refractivity contribution < 1.29 is 14.3 Å². The van der Waals surface area contributed by atoms with Crippen molar-refractivity contribution in [2.45, 2.75) is 38.5 Å². The summed E-state index contributed by atoms with van der Waals surface area (Å²) in [5.41, 5.74) is 1.08. The van der Waals surface area contributed by atoms with Crippen LogP contribution < -0.4 is 15.4 Å². The van der Waals surface area contributed by atoms with Crippen LogP contribution in [0.1, 0.15) is 25.3 Å². The second-order valence-electron chi connectivity index (χ2n) is 5.31. The lowest BCUT2D eigenvalue weighted by molar-refractivity contribution is -0.127. The third-order valence-electron chi connectivity index (χ3n) is 3.41. The fourth-order valence-corrected chi connectivity index (χ4v) is 1.97. The van der Waals surface area contributed by atoms with Gasteiger partial charge in [-0.2, -0.15) is 0 Å². The van der Waals surface area contributed by atoms with Crippen LogP contribution in [0.4, 0.5) is 0 Å². The number of rotatable bonds is 9. The number of hydrogen-bond donors (Lipinski definition) is 2. The van der Waals surface area contributed by atoms with Crippen molar-refractivity contribution in [2.24, 2.45) is 0 Å². The molecule has 1 aromatic rings. The maximum Gasteiger partial charge on any atom is 0.260 e. The number of carbonyl (C=O) groups excluding carboxylic acids is 1. The lowest BCUT2D eigenvalue weighted by atomic mass is 10.2. The summed E-state index contributed by atoms with van der Waals surface area (Å²) >= 11 is 0. The summed E-state index contributed by atoms with van der Waals surface area (Å²) in [6, 6.07) is 8.49. The van der Waals surface area contributed by atoms with Crippen LogP contribution in [0, 0.1) is 0 Å². The quantitative estimate of drug-likeness (QED) is 0.677. The Morgan fingerprint density at radius 2 is 2.14 bits per heavy atom. The number of benzene rings is 1. The molecule has 1 unspecified atom stereocenters. The summed E-state index contributed by atoms with van der Waals surface area (Å²) in [5.74, 6) is 0.636. The molecule has 0 spiro atoms. The number of hydrogen-bond acceptors (Lipinski definition) is 4. The highest BCUT2D eigenvalue weighted by Crippen LogP contribution is 2.23. The average molecular weight is 292 g/mol. The molecule has 0 saturated heterocycles. The number of ether oxygens (including phenoxy) is 2. The van der Waals surface area contributed by atoms with Gasteiger partial charge in [0.05, 0.1) is 6.61 Å². The van der Waals surface area contributed by atoms with E-state index in [1.54, 1.807) is 14.0 Å². The van der Waals surface area contributed by atoms with Crippen molar-refractivity contribution in [3.05, 3.63) is 29.8 Å². The van der Waals surface area contributed by atoms with Gasteiger partial charge in [-0.05, 0) is 25.8 Å². The lowest BCUT2D eigenvalue weighted by Crippen LogP contribution is -2.38. The van der Waals surface area contributed by atoms with E-state index in [1.807, 2.05) is 24.3 Å². The largest absolute Gasteiger partial charge is 0.481 e. The van der Waals surface area contributed by atoms with Crippen molar-refractivity contribution in [2.75, 3.05) is 20.3 Å². The Morgan fingerprint density at radius 1 is 1.38 bits per heavy atom. The molecule has 0 bridgehead atoms. The van der Waals surface area contributed by atoms with E-state index in [9.17, 15) is 4.79 Å². The summed E-state index contributed by atoms with van der Waals surface area (Å²) in [6.45, 7) is 3.53. The first-order valence-corrected chi connectivity index (χ1v) is 7.45. The maximum atomic E-state index is 11.9. The van der Waals surface area contributed by atoms with Gasteiger partial charge in [-0.1, -0.05) is 18.2 Å². The second kappa shape index (κ2) is 8.00. The minimum atomic E-state index is -0.524. The summed E-state index contributed by atoms with van der Waals surface area (Å²) in [5, 5.41) is 6.24. The zero-order valence-electron chi connectivity index (χ0n) is 12.7. The summed E-state index contributed by atoms with van der Waals surface area (Å²) in [7, 11) is 1.61. The molecule has 1 aromatic carbocycles. The summed E-state index contributed by atoms with van der Waals surface area (Å²) in [4.78, 5) is 11.9. The second-order valence-corrected chi connectivity index (χ2v) is 5.31. The third-order valence-corrected chi connectivity index (χ3v) is 3.41. The molecule has 5 heteroatoms. The topological polar surface area (TPSA) is 59.6 Å². The van der Waals surface area contributed by atoms with Gasteiger partial charge in [0.1, 0.15) is 5.75 Å². The highest BCUT2D eigenvalue weighted by Gasteiger charge is 2.21. The van der Waals surface area contributed by atoms with E-state index in [2.05, 4.69) is 10.6 Å². The smallest absolute Gasteiger partial charge is 0.260 e. The van der Waals surface area contributed by atoms with Gasteiger partial charge >= 0.3 is 0 Å². The van der Waals surface area contributed by atoms with Crippen LogP contribution in [-0.2, 0) is 16.1 Å². The Hall–Kier alpha value is -1.59. The molecule has 2 rings (SSSR count). The standard InChI is InChI=1S/C16H24N2O3/c1-12(16(19)17-9-10-20-2)21-15-6-4-3-5-13(15)11-18-14-7-8-14/h3-6,12,14,18H,7-11H2,1-2H3,(H,17,19). The number of amides is 1. The van der Waals surface area contributed by atoms with Gasteiger partial charge < -0.3 is 20.1 Å². The molecule has 1 atom stereocenters. The highest BCUT2D eigenvalue weighted by molar-refractivity contribution is 5.80. The van der Waals surface area contributed by atoms with Crippen molar-refractivity contribution >= 4 is 5.91 Å². The van der Waals surface area contributed by atoms with E-state index >= 15 is 0 Å². The van der Waals surface area contributed by atoms with E-state index in [0.717, 1.165) is 17.9 Å². The predicted molar refractivity (Wildman–Crippen MR) is 81.3 cm³/mol. The number of nitrogens with one attached hydrogen (secondary N) is 2. The number of carbonyl (C=O) groups is 1. The van der Waals surface area contributed by atoms with Crippen molar-refractivity contribution in [1.29, 1.82) is 0 Å². The molecule has 0 radical (unpaired) electrons. The van der Waals surface area contributed by atoms with E-state index < -0.39 is 6.10 Å². The van der Waals surface area contributed by atoms with E-state index in [-0.39, 0.29) is 5.91 Å². The van der Waals surface area contributed by atoms with Crippen LogP contribution >= 0.6 is 0 Å². The summed E-state index contributed by atoms with van der Waals surface area (Å²) < 4.78 is 10.7. The molecule has 21 heavy (non-hydrogen) atoms. The lowest BCUT2D eigenvalue weighted by Gasteiger charge is -2.17. The Balaban J connectivity index is 1.86. The fraction of sp³-hybridized carbons (Fsp3) is 0.562. The molecular weight excluding hydrogens is 268 g/mol. The van der Waals surface area contributed by atoms with E-state index in [4.69, 9.17) is 9.47 Å². The Morgan fingerprint density at radius 3 is 2.86 bits per heavy atom. The van der Waals surface area contributed by atoms with Gasteiger partial charge in [0.2, 0.25) is 0 Å². The van der Waals surface area contributed by atoms with Gasteiger partial charge in [0, 0.05) is 31.8 Å². The first-order chi connectivity index (χ1) is 10.2. The fourth-order valence-electron chi connectivity index (χ4n) is 1.97. The molecule has 2 N–H and O–H groups in total. The van der Waals surface area contributed by atoms with Crippen LogP contribution in [0.15, 0.2) is 24.3 Å². The monoisotopic (exact) mass is 292 g/mol. The van der Waals surface area contributed by atoms with Gasteiger partial charge in [0.15, 0.2) is 6.10 Å². The predicted octanol–water partition coefficient (Wildman–Crippen LogP) is 1.47. The molecule has 1 aliphatic rings. The highest BCUT2D eigenvalue weighted by atomic mass is 16.5. The molecule has 1 saturated carbocycles. The zero-order valence-corrected chi connectivity index (χ0v) is 12.7. The molecule has 116 valence electrons. The molecule has 1 amide bonds. The van der Waals surface area contributed by atoms with Crippen LogP contribution in [0.3, 0.4) is 0 Å². The molecule has 0 aromatic heterocycles. The number of methoxy groups -OCH3 is 1. The van der Waals surface area contributed by atoms with Gasteiger partial charge in [0.25, 0.3) is 5.91 Å².